The average molecular weight is 323 g/mol. The first kappa shape index (κ1) is 14.2. The Bertz CT molecular complexity index is 1030. The molecule has 0 amide bonds. The number of pyridine rings is 1. The molecule has 2 heterocycles. The number of rotatable bonds is 4. The Morgan fingerprint density at radius 1 is 1.38 bits per heavy atom. The largest absolute Gasteiger partial charge is 0.488 e. The third-order valence-corrected chi connectivity index (χ3v) is 3.50. The minimum atomic E-state index is -0.433. The fourth-order valence-electron chi connectivity index (χ4n) is 2.20. The first-order chi connectivity index (χ1) is 12.0. The van der Waals surface area contributed by atoms with E-state index in [0.29, 0.717) is 22.9 Å². The molecule has 0 fully saturated rings. The lowest BCUT2D eigenvalue weighted by atomic mass is 10.1. The highest BCUT2D eigenvalue weighted by Gasteiger charge is 2.16. The van der Waals surface area contributed by atoms with Crippen molar-refractivity contribution in [1.29, 1.82) is 0 Å². The second-order valence-electron chi connectivity index (χ2n) is 5.08. The zero-order chi connectivity index (χ0) is 18.0. The second-order valence-corrected chi connectivity index (χ2v) is 5.08. The van der Waals surface area contributed by atoms with Crippen LogP contribution in [0, 0.1) is 19.3 Å². The van der Waals surface area contributed by atoms with Crippen LogP contribution in [0.2, 0.25) is 0 Å². The maximum atomic E-state index is 12.1. The van der Waals surface area contributed by atoms with Crippen molar-refractivity contribution >= 4 is 0 Å². The lowest BCUT2D eigenvalue weighted by Gasteiger charge is -2.12. The number of hydrogen-bond acceptors (Lipinski definition) is 5. The van der Waals surface area contributed by atoms with Crippen LogP contribution in [-0.2, 0) is 13.7 Å². The molecule has 0 radical (unpaired) electrons. The first-order valence-electron chi connectivity index (χ1n) is 7.65. The molecule has 0 unspecified atom stereocenters. The predicted octanol–water partition coefficient (Wildman–Crippen LogP) is 1.23. The van der Waals surface area contributed by atoms with E-state index in [1.807, 2.05) is 6.92 Å². The van der Waals surface area contributed by atoms with Crippen LogP contribution < -0.4 is 10.4 Å². The minimum absolute atomic E-state index is 0.101. The molecule has 24 heavy (non-hydrogen) atoms. The summed E-state index contributed by atoms with van der Waals surface area (Å²) in [5.41, 5.74) is 1.51. The minimum Gasteiger partial charge on any atom is -0.488 e. The zero-order valence-corrected chi connectivity index (χ0v) is 13.2. The number of nitrogens with zero attached hydrogens (tertiary/aromatic N) is 5. The molecule has 2 aromatic heterocycles. The maximum absolute atomic E-state index is 12.1. The normalized spacial score (nSPS) is 11.0. The Morgan fingerprint density at radius 3 is 2.88 bits per heavy atom. The van der Waals surface area contributed by atoms with Gasteiger partial charge in [-0.1, -0.05) is 24.1 Å². The van der Waals surface area contributed by atoms with Crippen molar-refractivity contribution in [3.63, 3.8) is 0 Å². The van der Waals surface area contributed by atoms with E-state index in [4.69, 9.17) is 12.5 Å². The number of aromatic nitrogens is 5. The van der Waals surface area contributed by atoms with Gasteiger partial charge in [0.05, 0.1) is 6.93 Å². The second kappa shape index (κ2) is 6.38. The Morgan fingerprint density at radius 2 is 2.21 bits per heavy atom. The van der Waals surface area contributed by atoms with Gasteiger partial charge >= 0.3 is 5.69 Å². The van der Waals surface area contributed by atoms with Crippen LogP contribution in [0.15, 0.2) is 41.3 Å². The highest BCUT2D eigenvalue weighted by molar-refractivity contribution is 5.47. The highest BCUT2D eigenvalue weighted by Crippen LogP contribution is 2.21. The van der Waals surface area contributed by atoms with Gasteiger partial charge in [-0.3, -0.25) is 0 Å². The topological polar surface area (TPSA) is 74.8 Å². The van der Waals surface area contributed by atoms with Crippen LogP contribution in [0.25, 0.3) is 5.82 Å². The van der Waals surface area contributed by atoms with Crippen molar-refractivity contribution in [3.05, 3.63) is 63.7 Å². The summed E-state index contributed by atoms with van der Waals surface area (Å²) in [6, 6.07) is 7.14. The van der Waals surface area contributed by atoms with Gasteiger partial charge in [0.25, 0.3) is 0 Å². The van der Waals surface area contributed by atoms with Gasteiger partial charge in [0, 0.05) is 18.8 Å². The van der Waals surface area contributed by atoms with E-state index in [9.17, 15) is 4.79 Å². The number of tetrazole rings is 1. The molecular weight excluding hydrogens is 306 g/mol. The Kier molecular flexibility index (Phi) is 3.78. The summed E-state index contributed by atoms with van der Waals surface area (Å²) < 4.78 is 15.6. The molecule has 1 aromatic carbocycles. The van der Waals surface area contributed by atoms with Gasteiger partial charge in [-0.2, -0.15) is 4.68 Å². The van der Waals surface area contributed by atoms with E-state index in [2.05, 4.69) is 21.3 Å². The van der Waals surface area contributed by atoms with Crippen molar-refractivity contribution in [2.24, 2.45) is 7.05 Å². The lowest BCUT2D eigenvalue weighted by molar-refractivity contribution is 0.302. The van der Waals surface area contributed by atoms with Gasteiger partial charge in [0.15, 0.2) is 5.82 Å². The number of terminal acetylenes is 1. The fourth-order valence-corrected chi connectivity index (χ4v) is 2.20. The quantitative estimate of drug-likeness (QED) is 0.675. The summed E-state index contributed by atoms with van der Waals surface area (Å²) >= 11 is 0. The molecule has 0 saturated carbocycles. The van der Waals surface area contributed by atoms with Gasteiger partial charge in [0.1, 0.15) is 12.4 Å². The predicted molar refractivity (Wildman–Crippen MR) is 87.8 cm³/mol. The van der Waals surface area contributed by atoms with E-state index in [0.717, 1.165) is 14.9 Å². The van der Waals surface area contributed by atoms with Crippen molar-refractivity contribution in [2.75, 3.05) is 0 Å². The van der Waals surface area contributed by atoms with Gasteiger partial charge in [-0.05, 0) is 35.0 Å². The summed E-state index contributed by atoms with van der Waals surface area (Å²) in [7, 11) is 1.50. The summed E-state index contributed by atoms with van der Waals surface area (Å²) in [5.74, 6) is 3.48. The zero-order valence-electron chi connectivity index (χ0n) is 14.2. The van der Waals surface area contributed by atoms with Crippen molar-refractivity contribution in [1.82, 2.24) is 24.8 Å². The lowest BCUT2D eigenvalue weighted by Crippen LogP contribution is -2.24. The molecule has 0 atom stereocenters. The van der Waals surface area contributed by atoms with Gasteiger partial charge < -0.3 is 4.74 Å². The summed E-state index contributed by atoms with van der Waals surface area (Å²) in [4.78, 5) is 16.4. The van der Waals surface area contributed by atoms with Crippen LogP contribution in [0.3, 0.4) is 0 Å². The van der Waals surface area contributed by atoms with E-state index >= 15 is 0 Å². The summed E-state index contributed by atoms with van der Waals surface area (Å²) in [5, 5.41) is 7.51. The Labute approximate surface area is 139 Å². The molecule has 3 rings (SSSR count). The van der Waals surface area contributed by atoms with Gasteiger partial charge in [-0.25, -0.2) is 9.78 Å². The van der Waals surface area contributed by atoms with Crippen molar-refractivity contribution < 1.29 is 6.11 Å². The molecule has 0 aliphatic rings. The highest BCUT2D eigenvalue weighted by atomic mass is 16.5. The van der Waals surface area contributed by atoms with E-state index < -0.39 is 5.69 Å². The van der Waals surface area contributed by atoms with Gasteiger partial charge in [0.2, 0.25) is 0 Å². The fraction of sp³-hybridized carbons (Fsp3) is 0.176. The number of hydrogen-bond donors (Lipinski definition) is 0. The molecular formula is C17H15N5O2. The number of para-hydroxylation sites is 1. The molecule has 0 aliphatic heterocycles. The molecule has 0 saturated heterocycles. The third-order valence-electron chi connectivity index (χ3n) is 3.50. The first-order valence-corrected chi connectivity index (χ1v) is 7.15. The Balaban J connectivity index is 2.01. The molecule has 7 heteroatoms. The molecule has 3 aromatic rings. The SMILES string of the molecule is [3H]c1ccc(OCc2c(C#C)ccnc2-n2nnn(C)c2=O)c(C)c1. The van der Waals surface area contributed by atoms with E-state index in [-0.39, 0.29) is 12.4 Å². The maximum Gasteiger partial charge on any atom is 0.369 e. The molecule has 120 valence electrons. The van der Waals surface area contributed by atoms with E-state index in [1.165, 1.54) is 13.2 Å². The number of benzene rings is 1. The van der Waals surface area contributed by atoms with Crippen LogP contribution in [-0.4, -0.2) is 24.8 Å². The summed E-state index contributed by atoms with van der Waals surface area (Å²) in [6.45, 7) is 1.96. The average Bonchev–Trinajstić information content (AvgIpc) is 2.93. The monoisotopic (exact) mass is 323 g/mol. The van der Waals surface area contributed by atoms with Crippen molar-refractivity contribution in [3.8, 4) is 23.9 Å². The van der Waals surface area contributed by atoms with Gasteiger partial charge in [-0.15, -0.1) is 11.1 Å². The number of ether oxygens (including phenoxy) is 1. The molecule has 0 bridgehead atoms. The van der Waals surface area contributed by atoms with Crippen molar-refractivity contribution in [2.45, 2.75) is 13.5 Å². The van der Waals surface area contributed by atoms with Crippen LogP contribution in [0.4, 0.5) is 0 Å². The molecule has 7 nitrogen and oxygen atoms in total. The van der Waals surface area contributed by atoms with Crippen LogP contribution in [0.5, 0.6) is 5.75 Å². The van der Waals surface area contributed by atoms with Crippen LogP contribution >= 0.6 is 0 Å². The molecule has 0 N–H and O–H groups in total. The molecule has 0 spiro atoms. The Hall–Kier alpha value is -3.40. The van der Waals surface area contributed by atoms with Crippen LogP contribution in [0.1, 0.15) is 18.1 Å². The third kappa shape index (κ3) is 2.77. The smallest absolute Gasteiger partial charge is 0.369 e. The standard InChI is InChI=1S/C17H15N5O2/c1-4-13-9-10-18-16(22-17(23)21(3)19-20-22)14(13)11-24-15-8-6-5-7-12(15)2/h1,5-10H,11H2,2-3H3/i5T. The summed E-state index contributed by atoms with van der Waals surface area (Å²) in [6.07, 6.45) is 7.08. The van der Waals surface area contributed by atoms with E-state index in [1.54, 1.807) is 24.3 Å². The number of aryl methyl sites for hydroxylation is 2. The molecule has 0 aliphatic carbocycles.